The van der Waals surface area contributed by atoms with E-state index in [4.69, 9.17) is 11.6 Å². The number of aliphatic imine (C=N–C) groups is 1. The van der Waals surface area contributed by atoms with Crippen LogP contribution in [0.4, 0.5) is 5.69 Å². The minimum absolute atomic E-state index is 0.0270. The molecule has 114 valence electrons. The van der Waals surface area contributed by atoms with Crippen LogP contribution in [0.3, 0.4) is 0 Å². The van der Waals surface area contributed by atoms with Crippen LogP contribution in [-0.2, 0) is 0 Å². The van der Waals surface area contributed by atoms with Crippen LogP contribution in [-0.4, -0.2) is 16.7 Å². The highest BCUT2D eigenvalue weighted by atomic mass is 35.5. The van der Waals surface area contributed by atoms with Crippen molar-refractivity contribution >= 4 is 23.0 Å². The topological polar surface area (TPSA) is 79.3 Å². The Morgan fingerprint density at radius 2 is 2.00 bits per heavy atom. The molecule has 2 aromatic rings. The van der Waals surface area contributed by atoms with E-state index in [1.807, 2.05) is 18.2 Å². The zero-order valence-electron chi connectivity index (χ0n) is 12.0. The van der Waals surface area contributed by atoms with Crippen LogP contribution in [0.25, 0.3) is 0 Å². The molecule has 0 spiro atoms. The SMILES string of the molecule is N#C[C@@H]1N=C(c2ccc(Cl)cc2)C[C@@H]1c1cccc([N+](=O)[O-])c1. The number of nitro groups is 1. The lowest BCUT2D eigenvalue weighted by Crippen LogP contribution is -2.10. The van der Waals surface area contributed by atoms with Crippen molar-refractivity contribution in [2.24, 2.45) is 4.99 Å². The molecule has 1 aliphatic heterocycles. The maximum Gasteiger partial charge on any atom is 0.269 e. The van der Waals surface area contributed by atoms with Gasteiger partial charge in [0.25, 0.3) is 5.69 Å². The summed E-state index contributed by atoms with van der Waals surface area (Å²) < 4.78 is 0. The standard InChI is InChI=1S/C17H12ClN3O2/c18-13-6-4-11(5-7-13)16-9-15(17(10-19)20-16)12-2-1-3-14(8-12)21(22)23/h1-8,15,17H,9H2/t15-,17+/m1/s1. The van der Waals surface area contributed by atoms with Gasteiger partial charge in [0.1, 0.15) is 6.04 Å². The van der Waals surface area contributed by atoms with Crippen molar-refractivity contribution in [2.45, 2.75) is 18.4 Å². The van der Waals surface area contributed by atoms with E-state index < -0.39 is 11.0 Å². The Morgan fingerprint density at radius 1 is 1.26 bits per heavy atom. The van der Waals surface area contributed by atoms with Crippen molar-refractivity contribution in [3.63, 3.8) is 0 Å². The molecule has 0 bridgehead atoms. The molecular formula is C17H12ClN3O2. The smallest absolute Gasteiger partial charge is 0.269 e. The maximum atomic E-state index is 10.9. The first-order valence-corrected chi connectivity index (χ1v) is 7.43. The third-order valence-corrected chi connectivity index (χ3v) is 4.16. The summed E-state index contributed by atoms with van der Waals surface area (Å²) in [4.78, 5) is 15.0. The quantitative estimate of drug-likeness (QED) is 0.629. The van der Waals surface area contributed by atoms with Gasteiger partial charge in [0.2, 0.25) is 0 Å². The Balaban J connectivity index is 1.91. The summed E-state index contributed by atoms with van der Waals surface area (Å²) in [6.45, 7) is 0. The summed E-state index contributed by atoms with van der Waals surface area (Å²) in [6.07, 6.45) is 0.570. The average Bonchev–Trinajstić information content (AvgIpc) is 3.00. The number of nitrogens with zero attached hydrogens (tertiary/aromatic N) is 3. The number of halogens is 1. The zero-order chi connectivity index (χ0) is 16.4. The Bertz CT molecular complexity index is 824. The van der Waals surface area contributed by atoms with E-state index in [1.165, 1.54) is 12.1 Å². The van der Waals surface area contributed by atoms with Gasteiger partial charge in [-0.15, -0.1) is 0 Å². The lowest BCUT2D eigenvalue weighted by Gasteiger charge is -2.12. The third kappa shape index (κ3) is 3.08. The summed E-state index contributed by atoms with van der Waals surface area (Å²) in [5.74, 6) is -0.175. The van der Waals surface area contributed by atoms with E-state index >= 15 is 0 Å². The minimum atomic E-state index is -0.539. The van der Waals surface area contributed by atoms with E-state index in [0.717, 1.165) is 16.8 Å². The fourth-order valence-electron chi connectivity index (χ4n) is 2.75. The molecule has 0 radical (unpaired) electrons. The van der Waals surface area contributed by atoms with Gasteiger partial charge < -0.3 is 0 Å². The normalized spacial score (nSPS) is 19.9. The lowest BCUT2D eigenvalue weighted by atomic mass is 9.89. The first-order valence-electron chi connectivity index (χ1n) is 7.05. The predicted molar refractivity (Wildman–Crippen MR) is 87.8 cm³/mol. The van der Waals surface area contributed by atoms with Gasteiger partial charge in [-0.1, -0.05) is 35.9 Å². The molecule has 3 rings (SSSR count). The molecule has 6 heteroatoms. The minimum Gasteiger partial charge on any atom is -0.270 e. The molecule has 0 N–H and O–H groups in total. The molecule has 2 aromatic carbocycles. The molecule has 23 heavy (non-hydrogen) atoms. The third-order valence-electron chi connectivity index (χ3n) is 3.91. The Hall–Kier alpha value is -2.71. The Morgan fingerprint density at radius 3 is 2.65 bits per heavy atom. The highest BCUT2D eigenvalue weighted by Crippen LogP contribution is 2.34. The number of benzene rings is 2. The van der Waals surface area contributed by atoms with Crippen LogP contribution in [0.2, 0.25) is 5.02 Å². The van der Waals surface area contributed by atoms with Crippen LogP contribution in [0, 0.1) is 21.4 Å². The summed E-state index contributed by atoms with van der Waals surface area (Å²) >= 11 is 5.89. The van der Waals surface area contributed by atoms with E-state index in [1.54, 1.807) is 18.2 Å². The Kier molecular flexibility index (Phi) is 4.09. The zero-order valence-corrected chi connectivity index (χ0v) is 12.8. The molecular weight excluding hydrogens is 314 g/mol. The molecule has 1 aliphatic rings. The van der Waals surface area contributed by atoms with Crippen LogP contribution in [0.15, 0.2) is 53.5 Å². The van der Waals surface area contributed by atoms with Gasteiger partial charge in [-0.05, 0) is 29.7 Å². The van der Waals surface area contributed by atoms with Gasteiger partial charge >= 0.3 is 0 Å². The molecule has 5 nitrogen and oxygen atoms in total. The molecule has 2 atom stereocenters. The van der Waals surface area contributed by atoms with Gasteiger partial charge in [0.15, 0.2) is 0 Å². The fraction of sp³-hybridized carbons (Fsp3) is 0.176. The van der Waals surface area contributed by atoms with E-state index in [-0.39, 0.29) is 11.6 Å². The molecule has 0 amide bonds. The largest absolute Gasteiger partial charge is 0.270 e. The van der Waals surface area contributed by atoms with E-state index in [0.29, 0.717) is 11.4 Å². The molecule has 0 unspecified atom stereocenters. The molecule has 0 aliphatic carbocycles. The van der Waals surface area contributed by atoms with Gasteiger partial charge in [-0.25, -0.2) is 0 Å². The van der Waals surface area contributed by atoms with Crippen molar-refractivity contribution in [1.29, 1.82) is 5.26 Å². The number of hydrogen-bond acceptors (Lipinski definition) is 4. The second kappa shape index (κ2) is 6.19. The van der Waals surface area contributed by atoms with Crippen molar-refractivity contribution in [3.05, 3.63) is 74.8 Å². The van der Waals surface area contributed by atoms with E-state index in [9.17, 15) is 15.4 Å². The number of nitriles is 1. The monoisotopic (exact) mass is 325 g/mol. The maximum absolute atomic E-state index is 10.9. The van der Waals surface area contributed by atoms with Crippen molar-refractivity contribution in [3.8, 4) is 6.07 Å². The Labute approximate surface area is 138 Å². The van der Waals surface area contributed by atoms with Crippen LogP contribution in [0.5, 0.6) is 0 Å². The first kappa shape index (κ1) is 15.2. The van der Waals surface area contributed by atoms with Crippen molar-refractivity contribution < 1.29 is 4.92 Å². The number of nitro benzene ring substituents is 1. The average molecular weight is 326 g/mol. The summed E-state index contributed by atoms with van der Waals surface area (Å²) in [7, 11) is 0. The van der Waals surface area contributed by atoms with E-state index in [2.05, 4.69) is 11.1 Å². The molecule has 0 saturated heterocycles. The number of hydrogen-bond donors (Lipinski definition) is 0. The molecule has 1 heterocycles. The molecule has 0 aromatic heterocycles. The van der Waals surface area contributed by atoms with Crippen LogP contribution < -0.4 is 0 Å². The highest BCUT2D eigenvalue weighted by molar-refractivity contribution is 6.30. The predicted octanol–water partition coefficient (Wildman–Crippen LogP) is 4.12. The van der Waals surface area contributed by atoms with Crippen LogP contribution in [0.1, 0.15) is 23.5 Å². The molecule has 0 saturated carbocycles. The summed E-state index contributed by atoms with van der Waals surface area (Å²) in [5, 5.41) is 20.9. The highest BCUT2D eigenvalue weighted by Gasteiger charge is 2.31. The second-order valence-electron chi connectivity index (χ2n) is 5.32. The van der Waals surface area contributed by atoms with Gasteiger partial charge in [-0.2, -0.15) is 5.26 Å². The summed E-state index contributed by atoms with van der Waals surface area (Å²) in [5.41, 5.74) is 2.53. The fourth-order valence-corrected chi connectivity index (χ4v) is 2.88. The molecule has 0 fully saturated rings. The number of non-ortho nitro benzene ring substituents is 1. The van der Waals surface area contributed by atoms with Gasteiger partial charge in [-0.3, -0.25) is 15.1 Å². The van der Waals surface area contributed by atoms with Crippen molar-refractivity contribution in [2.75, 3.05) is 0 Å². The summed E-state index contributed by atoms with van der Waals surface area (Å²) in [6, 6.07) is 15.4. The first-order chi connectivity index (χ1) is 11.1. The number of rotatable bonds is 3. The van der Waals surface area contributed by atoms with Gasteiger partial charge in [0, 0.05) is 28.8 Å². The lowest BCUT2D eigenvalue weighted by molar-refractivity contribution is -0.384. The second-order valence-corrected chi connectivity index (χ2v) is 5.76. The van der Waals surface area contributed by atoms with Crippen LogP contribution >= 0.6 is 11.6 Å². The van der Waals surface area contributed by atoms with Gasteiger partial charge in [0.05, 0.1) is 11.0 Å². The van der Waals surface area contributed by atoms with Crippen molar-refractivity contribution in [1.82, 2.24) is 0 Å².